The van der Waals surface area contributed by atoms with Crippen LogP contribution in [0.15, 0.2) is 71.8 Å². The lowest BCUT2D eigenvalue weighted by Gasteiger charge is -2.07. The van der Waals surface area contributed by atoms with Gasteiger partial charge in [-0.2, -0.15) is 5.10 Å². The van der Waals surface area contributed by atoms with Crippen molar-refractivity contribution in [1.29, 1.82) is 0 Å². The van der Waals surface area contributed by atoms with E-state index < -0.39 is 17.7 Å². The average molecular weight is 461 g/mol. The highest BCUT2D eigenvalue weighted by Crippen LogP contribution is 2.27. The maximum Gasteiger partial charge on any atom is 0.343 e. The first-order chi connectivity index (χ1) is 14.9. The zero-order chi connectivity index (χ0) is 22.2. The van der Waals surface area contributed by atoms with Gasteiger partial charge in [-0.15, -0.1) is 0 Å². The van der Waals surface area contributed by atoms with Crippen LogP contribution in [0.3, 0.4) is 0 Å². The Morgan fingerprint density at radius 3 is 2.52 bits per heavy atom. The predicted molar refractivity (Wildman–Crippen MR) is 115 cm³/mol. The molecule has 0 spiro atoms. The molecule has 158 valence electrons. The minimum atomic E-state index is -0.672. The topological polar surface area (TPSA) is 77.0 Å². The largest absolute Gasteiger partial charge is 0.482 e. The summed E-state index contributed by atoms with van der Waals surface area (Å²) in [7, 11) is 0. The van der Waals surface area contributed by atoms with E-state index in [2.05, 4.69) is 10.5 Å². The van der Waals surface area contributed by atoms with Crippen molar-refractivity contribution in [3.8, 4) is 11.5 Å². The number of halogens is 3. The highest BCUT2D eigenvalue weighted by Gasteiger charge is 2.09. The summed E-state index contributed by atoms with van der Waals surface area (Å²) < 4.78 is 23.7. The van der Waals surface area contributed by atoms with E-state index in [1.165, 1.54) is 30.5 Å². The molecule has 0 saturated heterocycles. The molecule has 9 heteroatoms. The monoisotopic (exact) mass is 460 g/mol. The van der Waals surface area contributed by atoms with Crippen molar-refractivity contribution in [2.75, 3.05) is 6.61 Å². The summed E-state index contributed by atoms with van der Waals surface area (Å²) in [5.41, 5.74) is 3.07. The lowest BCUT2D eigenvalue weighted by atomic mass is 10.2. The maximum absolute atomic E-state index is 13.2. The number of hydrazone groups is 1. The molecule has 0 unspecified atom stereocenters. The van der Waals surface area contributed by atoms with Gasteiger partial charge in [0.1, 0.15) is 17.3 Å². The number of nitrogens with zero attached hydrogens (tertiary/aromatic N) is 1. The number of hydrogen-bond donors (Lipinski definition) is 1. The van der Waals surface area contributed by atoms with Gasteiger partial charge in [-0.05, 0) is 66.2 Å². The summed E-state index contributed by atoms with van der Waals surface area (Å²) in [6, 6.07) is 16.2. The summed E-state index contributed by atoms with van der Waals surface area (Å²) in [6.45, 7) is -0.284. The van der Waals surface area contributed by atoms with Gasteiger partial charge in [-0.3, -0.25) is 4.79 Å². The van der Waals surface area contributed by atoms with E-state index in [1.807, 2.05) is 0 Å². The fourth-order valence-corrected chi connectivity index (χ4v) is 2.81. The zero-order valence-electron chi connectivity index (χ0n) is 15.8. The number of benzene rings is 3. The van der Waals surface area contributed by atoms with Crippen molar-refractivity contribution in [2.45, 2.75) is 0 Å². The normalized spacial score (nSPS) is 10.7. The number of ether oxygens (including phenoxy) is 2. The van der Waals surface area contributed by atoms with E-state index in [-0.39, 0.29) is 17.9 Å². The van der Waals surface area contributed by atoms with E-state index in [0.717, 1.165) is 6.07 Å². The minimum absolute atomic E-state index is 0.107. The maximum atomic E-state index is 13.2. The van der Waals surface area contributed by atoms with Gasteiger partial charge in [0.15, 0.2) is 6.61 Å². The van der Waals surface area contributed by atoms with Gasteiger partial charge in [0, 0.05) is 5.02 Å². The Bertz CT molecular complexity index is 1120. The van der Waals surface area contributed by atoms with E-state index in [4.69, 9.17) is 32.7 Å². The number of amides is 1. The number of carbonyl (C=O) groups is 2. The third-order valence-electron chi connectivity index (χ3n) is 3.81. The third kappa shape index (κ3) is 6.80. The Kier molecular flexibility index (Phi) is 7.59. The number of carbonyl (C=O) groups excluding carboxylic acids is 2. The molecular weight excluding hydrogens is 446 g/mol. The Balaban J connectivity index is 1.47. The first-order valence-electron chi connectivity index (χ1n) is 8.88. The summed E-state index contributed by atoms with van der Waals surface area (Å²) in [6.07, 6.45) is 1.41. The molecular formula is C22H15Cl2FN2O4. The summed E-state index contributed by atoms with van der Waals surface area (Å²) in [4.78, 5) is 23.8. The lowest BCUT2D eigenvalue weighted by molar-refractivity contribution is -0.123. The molecule has 0 bridgehead atoms. The molecule has 0 aliphatic heterocycles. The van der Waals surface area contributed by atoms with Gasteiger partial charge in [-0.1, -0.05) is 29.3 Å². The van der Waals surface area contributed by atoms with Gasteiger partial charge in [0.25, 0.3) is 5.91 Å². The number of rotatable bonds is 7. The van der Waals surface area contributed by atoms with Gasteiger partial charge in [-0.25, -0.2) is 14.6 Å². The quantitative estimate of drug-likeness (QED) is 0.236. The van der Waals surface area contributed by atoms with Crippen LogP contribution >= 0.6 is 23.2 Å². The third-order valence-corrected chi connectivity index (χ3v) is 4.34. The number of hydrogen-bond acceptors (Lipinski definition) is 5. The fraction of sp³-hybridized carbons (Fsp3) is 0.0455. The smallest absolute Gasteiger partial charge is 0.343 e. The Morgan fingerprint density at radius 2 is 1.81 bits per heavy atom. The first kappa shape index (κ1) is 22.3. The van der Waals surface area contributed by atoms with Crippen LogP contribution < -0.4 is 14.9 Å². The molecule has 0 atom stereocenters. The lowest BCUT2D eigenvalue weighted by Crippen LogP contribution is -2.24. The van der Waals surface area contributed by atoms with Gasteiger partial charge < -0.3 is 9.47 Å². The Hall–Kier alpha value is -3.42. The van der Waals surface area contributed by atoms with Crippen LogP contribution in [0.2, 0.25) is 10.0 Å². The van der Waals surface area contributed by atoms with Gasteiger partial charge >= 0.3 is 5.97 Å². The first-order valence-corrected chi connectivity index (χ1v) is 9.64. The Morgan fingerprint density at radius 1 is 1.03 bits per heavy atom. The second-order valence-corrected chi connectivity index (χ2v) is 6.97. The molecule has 0 radical (unpaired) electrons. The molecule has 0 saturated carbocycles. The van der Waals surface area contributed by atoms with Crippen molar-refractivity contribution in [1.82, 2.24) is 5.43 Å². The number of nitrogens with one attached hydrogen (secondary N) is 1. The van der Waals surface area contributed by atoms with E-state index in [1.54, 1.807) is 36.4 Å². The molecule has 0 aromatic heterocycles. The minimum Gasteiger partial charge on any atom is -0.482 e. The van der Waals surface area contributed by atoms with Crippen LogP contribution in [-0.4, -0.2) is 24.7 Å². The molecule has 0 fully saturated rings. The summed E-state index contributed by atoms with van der Waals surface area (Å²) in [5, 5.41) is 4.58. The van der Waals surface area contributed by atoms with Crippen LogP contribution in [0.4, 0.5) is 4.39 Å². The van der Waals surface area contributed by atoms with Crippen molar-refractivity contribution < 1.29 is 23.5 Å². The molecule has 3 rings (SSSR count). The molecule has 1 amide bonds. The molecule has 3 aromatic rings. The SMILES string of the molecule is O=C(COc1ccc(Cl)cc1Cl)N/N=C\c1ccc(OC(=O)c2cccc(F)c2)cc1. The van der Waals surface area contributed by atoms with E-state index in [0.29, 0.717) is 21.4 Å². The number of esters is 1. The molecule has 0 aliphatic carbocycles. The standard InChI is InChI=1S/C22H15Cl2FN2O4/c23-16-6-9-20(19(24)11-16)30-13-21(28)27-26-12-14-4-7-18(8-5-14)31-22(29)15-2-1-3-17(25)10-15/h1-12H,13H2,(H,27,28)/b26-12-. The zero-order valence-corrected chi connectivity index (χ0v) is 17.4. The molecule has 0 heterocycles. The van der Waals surface area contributed by atoms with Gasteiger partial charge in [0.05, 0.1) is 16.8 Å². The van der Waals surface area contributed by atoms with Crippen LogP contribution in [0.5, 0.6) is 11.5 Å². The predicted octanol–water partition coefficient (Wildman–Crippen LogP) is 4.88. The highest BCUT2D eigenvalue weighted by atomic mass is 35.5. The second-order valence-electron chi connectivity index (χ2n) is 6.13. The second kappa shape index (κ2) is 10.6. The van der Waals surface area contributed by atoms with Crippen LogP contribution in [0, 0.1) is 5.82 Å². The van der Waals surface area contributed by atoms with Crippen molar-refractivity contribution >= 4 is 41.3 Å². The molecule has 3 aromatic carbocycles. The molecule has 0 aliphatic rings. The van der Waals surface area contributed by atoms with Crippen LogP contribution in [-0.2, 0) is 4.79 Å². The fourth-order valence-electron chi connectivity index (χ4n) is 2.35. The van der Waals surface area contributed by atoms with Gasteiger partial charge in [0.2, 0.25) is 0 Å². The van der Waals surface area contributed by atoms with Crippen molar-refractivity contribution in [3.63, 3.8) is 0 Å². The molecule has 6 nitrogen and oxygen atoms in total. The van der Waals surface area contributed by atoms with Crippen LogP contribution in [0.1, 0.15) is 15.9 Å². The molecule has 1 N–H and O–H groups in total. The Labute approximate surface area is 187 Å². The van der Waals surface area contributed by atoms with Crippen molar-refractivity contribution in [2.24, 2.45) is 5.10 Å². The van der Waals surface area contributed by atoms with E-state index in [9.17, 15) is 14.0 Å². The average Bonchev–Trinajstić information content (AvgIpc) is 2.74. The highest BCUT2D eigenvalue weighted by molar-refractivity contribution is 6.35. The van der Waals surface area contributed by atoms with E-state index >= 15 is 0 Å². The molecule has 31 heavy (non-hydrogen) atoms. The summed E-state index contributed by atoms with van der Waals surface area (Å²) >= 11 is 11.8. The summed E-state index contributed by atoms with van der Waals surface area (Å²) in [5.74, 6) is -1.07. The van der Waals surface area contributed by atoms with Crippen molar-refractivity contribution in [3.05, 3.63) is 93.7 Å². The van der Waals surface area contributed by atoms with Crippen LogP contribution in [0.25, 0.3) is 0 Å².